The summed E-state index contributed by atoms with van der Waals surface area (Å²) in [6.45, 7) is 0.719. The number of carboxylic acids is 1. The first kappa shape index (κ1) is 15.9. The van der Waals surface area contributed by atoms with Gasteiger partial charge in [0.15, 0.2) is 0 Å². The number of furan rings is 1. The van der Waals surface area contributed by atoms with Crippen LogP contribution in [-0.2, 0) is 13.1 Å². The monoisotopic (exact) mass is 342 g/mol. The first-order valence-corrected chi connectivity index (χ1v) is 8.05. The number of aromatic carboxylic acids is 1. The summed E-state index contributed by atoms with van der Waals surface area (Å²) >= 11 is 1.55. The van der Waals surface area contributed by atoms with Crippen LogP contribution in [0.15, 0.2) is 58.7 Å². The molecule has 0 aliphatic heterocycles. The minimum atomic E-state index is -1.17. The van der Waals surface area contributed by atoms with E-state index in [4.69, 9.17) is 9.52 Å². The molecule has 0 aliphatic rings. The van der Waals surface area contributed by atoms with E-state index < -0.39 is 5.97 Å². The molecule has 0 saturated heterocycles. The van der Waals surface area contributed by atoms with Gasteiger partial charge in [-0.15, -0.1) is 11.3 Å². The van der Waals surface area contributed by atoms with Gasteiger partial charge in [-0.3, -0.25) is 4.79 Å². The molecule has 122 valence electrons. The van der Waals surface area contributed by atoms with E-state index in [-0.39, 0.29) is 17.2 Å². The number of hydrogen-bond acceptors (Lipinski definition) is 5. The van der Waals surface area contributed by atoms with Crippen LogP contribution in [0.5, 0.6) is 0 Å². The third kappa shape index (κ3) is 3.69. The number of thiophene rings is 1. The highest BCUT2D eigenvalue weighted by Crippen LogP contribution is 2.18. The number of nitrogens with zero attached hydrogens (tertiary/aromatic N) is 2. The van der Waals surface area contributed by atoms with Crippen molar-refractivity contribution in [2.24, 2.45) is 0 Å². The predicted octanol–water partition coefficient (Wildman–Crippen LogP) is 3.28. The predicted molar refractivity (Wildman–Crippen MR) is 87.8 cm³/mol. The maximum absolute atomic E-state index is 12.8. The van der Waals surface area contributed by atoms with Gasteiger partial charge in [0.05, 0.1) is 19.4 Å². The third-order valence-corrected chi connectivity index (χ3v) is 4.23. The lowest BCUT2D eigenvalue weighted by molar-refractivity contribution is 0.0690. The fraction of sp³-hybridized carbons (Fsp3) is 0.118. The van der Waals surface area contributed by atoms with Crippen LogP contribution in [0.2, 0.25) is 0 Å². The molecule has 3 heterocycles. The van der Waals surface area contributed by atoms with Crippen molar-refractivity contribution >= 4 is 23.2 Å². The van der Waals surface area contributed by atoms with Gasteiger partial charge in [0, 0.05) is 16.6 Å². The lowest BCUT2D eigenvalue weighted by Crippen LogP contribution is -2.30. The van der Waals surface area contributed by atoms with Crippen LogP contribution in [0.1, 0.15) is 31.5 Å². The normalized spacial score (nSPS) is 10.5. The Hall–Kier alpha value is -2.93. The van der Waals surface area contributed by atoms with Gasteiger partial charge in [-0.05, 0) is 35.7 Å². The Balaban J connectivity index is 1.87. The molecule has 0 atom stereocenters. The van der Waals surface area contributed by atoms with Crippen molar-refractivity contribution in [2.75, 3.05) is 0 Å². The Morgan fingerprint density at radius 2 is 2.08 bits per heavy atom. The molecule has 24 heavy (non-hydrogen) atoms. The molecule has 0 aromatic carbocycles. The van der Waals surface area contributed by atoms with Crippen molar-refractivity contribution in [3.05, 3.63) is 76.1 Å². The molecular weight excluding hydrogens is 328 g/mol. The number of rotatable bonds is 6. The van der Waals surface area contributed by atoms with Crippen LogP contribution >= 0.6 is 11.3 Å². The van der Waals surface area contributed by atoms with Crippen molar-refractivity contribution in [1.82, 2.24) is 9.88 Å². The van der Waals surface area contributed by atoms with Crippen LogP contribution in [0.3, 0.4) is 0 Å². The molecule has 3 rings (SSSR count). The second-order valence-electron chi connectivity index (χ2n) is 5.05. The number of carbonyl (C=O) groups excluding carboxylic acids is 1. The lowest BCUT2D eigenvalue weighted by atomic mass is 10.2. The molecule has 0 unspecified atom stereocenters. The Labute approximate surface area is 142 Å². The van der Waals surface area contributed by atoms with Gasteiger partial charge in [-0.25, -0.2) is 9.78 Å². The molecule has 3 aromatic heterocycles. The number of amides is 1. The third-order valence-electron chi connectivity index (χ3n) is 3.37. The summed E-state index contributed by atoms with van der Waals surface area (Å²) in [5.74, 6) is -0.780. The van der Waals surface area contributed by atoms with E-state index in [2.05, 4.69) is 4.98 Å². The highest BCUT2D eigenvalue weighted by molar-refractivity contribution is 7.09. The number of carbonyl (C=O) groups is 2. The van der Waals surface area contributed by atoms with Crippen molar-refractivity contribution < 1.29 is 19.1 Å². The molecule has 1 amide bonds. The average Bonchev–Trinajstić information content (AvgIpc) is 3.27. The first-order chi connectivity index (χ1) is 11.6. The van der Waals surface area contributed by atoms with E-state index in [9.17, 15) is 9.59 Å². The smallest absolute Gasteiger partial charge is 0.354 e. The van der Waals surface area contributed by atoms with Crippen LogP contribution in [-0.4, -0.2) is 26.9 Å². The zero-order valence-electron chi connectivity index (χ0n) is 12.6. The highest BCUT2D eigenvalue weighted by atomic mass is 32.1. The van der Waals surface area contributed by atoms with E-state index in [0.29, 0.717) is 18.8 Å². The first-order valence-electron chi connectivity index (χ1n) is 7.17. The van der Waals surface area contributed by atoms with E-state index in [0.717, 1.165) is 4.88 Å². The minimum Gasteiger partial charge on any atom is -0.477 e. The zero-order chi connectivity index (χ0) is 16.9. The summed E-state index contributed by atoms with van der Waals surface area (Å²) in [5, 5.41) is 11.0. The number of carboxylic acid groups (broad SMARTS) is 1. The Bertz CT molecular complexity index is 792. The SMILES string of the molecule is O=C(O)c1cc(C(=O)N(Cc2ccco2)Cc2cccs2)ccn1. The summed E-state index contributed by atoms with van der Waals surface area (Å²) < 4.78 is 5.33. The van der Waals surface area contributed by atoms with Crippen molar-refractivity contribution in [3.63, 3.8) is 0 Å². The summed E-state index contributed by atoms with van der Waals surface area (Å²) in [6, 6.07) is 10.2. The van der Waals surface area contributed by atoms with E-state index in [1.165, 1.54) is 18.3 Å². The number of hydrogen-bond donors (Lipinski definition) is 1. The summed E-state index contributed by atoms with van der Waals surface area (Å²) in [6.07, 6.45) is 2.88. The molecule has 0 saturated carbocycles. The van der Waals surface area contributed by atoms with Crippen molar-refractivity contribution in [3.8, 4) is 0 Å². The highest BCUT2D eigenvalue weighted by Gasteiger charge is 2.19. The van der Waals surface area contributed by atoms with Gasteiger partial charge in [0.1, 0.15) is 11.5 Å². The van der Waals surface area contributed by atoms with Gasteiger partial charge >= 0.3 is 5.97 Å². The van der Waals surface area contributed by atoms with Crippen LogP contribution in [0.4, 0.5) is 0 Å². The van der Waals surface area contributed by atoms with Gasteiger partial charge in [-0.1, -0.05) is 6.07 Å². The fourth-order valence-corrected chi connectivity index (χ4v) is 2.96. The van der Waals surface area contributed by atoms with Crippen LogP contribution in [0, 0.1) is 0 Å². The molecule has 0 aliphatic carbocycles. The quantitative estimate of drug-likeness (QED) is 0.743. The van der Waals surface area contributed by atoms with E-state index >= 15 is 0 Å². The molecule has 3 aromatic rings. The largest absolute Gasteiger partial charge is 0.477 e. The average molecular weight is 342 g/mol. The fourth-order valence-electron chi connectivity index (χ4n) is 2.24. The second-order valence-corrected chi connectivity index (χ2v) is 6.09. The van der Waals surface area contributed by atoms with Crippen molar-refractivity contribution in [1.29, 1.82) is 0 Å². The molecule has 0 spiro atoms. The maximum atomic E-state index is 12.8. The molecule has 7 heteroatoms. The molecule has 0 radical (unpaired) electrons. The Morgan fingerprint density at radius 3 is 2.75 bits per heavy atom. The molecule has 0 fully saturated rings. The summed E-state index contributed by atoms with van der Waals surface area (Å²) in [7, 11) is 0. The lowest BCUT2D eigenvalue weighted by Gasteiger charge is -2.21. The van der Waals surface area contributed by atoms with Crippen LogP contribution in [0.25, 0.3) is 0 Å². The minimum absolute atomic E-state index is 0.157. The van der Waals surface area contributed by atoms with Gasteiger partial charge in [0.2, 0.25) is 0 Å². The van der Waals surface area contributed by atoms with Gasteiger partial charge < -0.3 is 14.4 Å². The van der Waals surface area contributed by atoms with Gasteiger partial charge in [0.25, 0.3) is 5.91 Å². The van der Waals surface area contributed by atoms with Crippen molar-refractivity contribution in [2.45, 2.75) is 13.1 Å². The number of aromatic nitrogens is 1. The summed E-state index contributed by atoms with van der Waals surface area (Å²) in [5.41, 5.74) is 0.125. The van der Waals surface area contributed by atoms with E-state index in [1.807, 2.05) is 17.5 Å². The molecule has 1 N–H and O–H groups in total. The number of pyridine rings is 1. The second kappa shape index (κ2) is 7.10. The zero-order valence-corrected chi connectivity index (χ0v) is 13.4. The van der Waals surface area contributed by atoms with E-state index in [1.54, 1.807) is 34.6 Å². The summed E-state index contributed by atoms with van der Waals surface area (Å²) in [4.78, 5) is 30.3. The Morgan fingerprint density at radius 1 is 1.21 bits per heavy atom. The topological polar surface area (TPSA) is 83.6 Å². The standard InChI is InChI=1S/C17H14N2O4S/c20-16(12-5-6-18-15(9-12)17(21)22)19(10-13-3-1-7-23-13)11-14-4-2-8-24-14/h1-9H,10-11H2,(H,21,22). The Kier molecular flexibility index (Phi) is 4.72. The maximum Gasteiger partial charge on any atom is 0.354 e. The van der Waals surface area contributed by atoms with Crippen LogP contribution < -0.4 is 0 Å². The molecular formula is C17H14N2O4S. The van der Waals surface area contributed by atoms with Gasteiger partial charge in [-0.2, -0.15) is 0 Å². The molecule has 6 nitrogen and oxygen atoms in total. The molecule has 0 bridgehead atoms.